The molecule has 1 aliphatic heterocycles. The van der Waals surface area contributed by atoms with Gasteiger partial charge in [0.15, 0.2) is 5.17 Å². The Labute approximate surface area is 159 Å². The average Bonchev–Trinajstić information content (AvgIpc) is 2.99. The topological polar surface area (TPSA) is 100 Å². The van der Waals surface area contributed by atoms with Crippen LogP contribution in [0.5, 0.6) is 5.75 Å². The molecule has 1 atom stereocenters. The van der Waals surface area contributed by atoms with Crippen LogP contribution >= 0.6 is 11.8 Å². The van der Waals surface area contributed by atoms with Crippen LogP contribution in [0.15, 0.2) is 46.6 Å². The number of carbonyl (C=O) groups is 2. The molecule has 7 nitrogen and oxygen atoms in total. The third kappa shape index (κ3) is 4.46. The van der Waals surface area contributed by atoms with E-state index in [9.17, 15) is 9.59 Å². The van der Waals surface area contributed by atoms with E-state index in [-0.39, 0.29) is 24.1 Å². The molecule has 8 heteroatoms. The molecule has 1 unspecified atom stereocenters. The maximum atomic E-state index is 11.7. The van der Waals surface area contributed by atoms with E-state index in [2.05, 4.69) is 21.4 Å². The molecule has 0 bridgehead atoms. The average molecular weight is 381 g/mol. The molecule has 1 saturated heterocycles. The third-order valence-corrected chi connectivity index (χ3v) is 4.79. The number of carbonyl (C=O) groups excluding carboxylic acids is 1. The molecule has 1 heterocycles. The van der Waals surface area contributed by atoms with Gasteiger partial charge in [0.05, 0.1) is 12.6 Å². The van der Waals surface area contributed by atoms with Gasteiger partial charge in [0.2, 0.25) is 5.91 Å². The molecule has 27 heavy (non-hydrogen) atoms. The van der Waals surface area contributed by atoms with E-state index in [1.807, 2.05) is 36.4 Å². The van der Waals surface area contributed by atoms with Crippen LogP contribution in [0.2, 0.25) is 0 Å². The van der Waals surface area contributed by atoms with E-state index < -0.39 is 11.2 Å². The normalized spacial score (nSPS) is 18.0. The summed E-state index contributed by atoms with van der Waals surface area (Å²) in [5, 5.41) is 20.8. The van der Waals surface area contributed by atoms with Gasteiger partial charge < -0.3 is 15.2 Å². The summed E-state index contributed by atoms with van der Waals surface area (Å²) in [5.41, 5.74) is 0.712. The number of aliphatic carboxylic acids is 1. The zero-order valence-corrected chi connectivity index (χ0v) is 14.9. The highest BCUT2D eigenvalue weighted by atomic mass is 32.2. The van der Waals surface area contributed by atoms with Crippen molar-refractivity contribution in [2.75, 3.05) is 6.61 Å². The van der Waals surface area contributed by atoms with Crippen LogP contribution in [0, 0.1) is 12.3 Å². The van der Waals surface area contributed by atoms with Crippen LogP contribution < -0.4 is 10.1 Å². The van der Waals surface area contributed by atoms with Crippen LogP contribution in [0.4, 0.5) is 0 Å². The van der Waals surface area contributed by atoms with Gasteiger partial charge in [-0.1, -0.05) is 48.0 Å². The van der Waals surface area contributed by atoms with E-state index in [0.717, 1.165) is 22.5 Å². The number of terminal acetylenes is 1. The van der Waals surface area contributed by atoms with E-state index in [4.69, 9.17) is 16.3 Å². The fourth-order valence-electron chi connectivity index (χ4n) is 2.54. The van der Waals surface area contributed by atoms with Gasteiger partial charge in [0.1, 0.15) is 17.6 Å². The second-order valence-electron chi connectivity index (χ2n) is 5.53. The molecule has 2 aromatic carbocycles. The summed E-state index contributed by atoms with van der Waals surface area (Å²) >= 11 is 1.04. The van der Waals surface area contributed by atoms with Gasteiger partial charge in [-0.25, -0.2) is 0 Å². The van der Waals surface area contributed by atoms with Crippen molar-refractivity contribution in [1.29, 1.82) is 0 Å². The largest absolute Gasteiger partial charge is 0.481 e. The monoisotopic (exact) mass is 381 g/mol. The molecular weight excluding hydrogens is 366 g/mol. The van der Waals surface area contributed by atoms with Crippen molar-refractivity contribution in [3.8, 4) is 18.1 Å². The SMILES string of the molecule is C#CCOc1ccc2ccccc2c1C=NN=C1NC(=O)C(CC(=O)O)S1. The number of carboxylic acid groups (broad SMARTS) is 1. The maximum Gasteiger partial charge on any atom is 0.305 e. The van der Waals surface area contributed by atoms with Gasteiger partial charge in [0, 0.05) is 5.56 Å². The number of amidine groups is 1. The number of benzene rings is 2. The molecule has 3 rings (SSSR count). The highest BCUT2D eigenvalue weighted by Gasteiger charge is 2.32. The molecular formula is C19H15N3O4S. The van der Waals surface area contributed by atoms with Gasteiger partial charge in [0.25, 0.3) is 0 Å². The summed E-state index contributed by atoms with van der Waals surface area (Å²) in [6, 6.07) is 11.5. The molecule has 0 aromatic heterocycles. The predicted molar refractivity (Wildman–Crippen MR) is 105 cm³/mol. The quantitative estimate of drug-likeness (QED) is 0.454. The maximum absolute atomic E-state index is 11.7. The molecule has 136 valence electrons. The van der Waals surface area contributed by atoms with Gasteiger partial charge in [-0.05, 0) is 16.8 Å². The van der Waals surface area contributed by atoms with Gasteiger partial charge >= 0.3 is 5.97 Å². The highest BCUT2D eigenvalue weighted by Crippen LogP contribution is 2.27. The number of nitrogens with zero attached hydrogens (tertiary/aromatic N) is 2. The molecule has 1 aliphatic rings. The second-order valence-corrected chi connectivity index (χ2v) is 6.73. The van der Waals surface area contributed by atoms with Crippen LogP contribution in [0.25, 0.3) is 10.8 Å². The Kier molecular flexibility index (Phi) is 5.74. The summed E-state index contributed by atoms with van der Waals surface area (Å²) in [6.45, 7) is 0.122. The molecule has 2 aromatic rings. The summed E-state index contributed by atoms with van der Waals surface area (Å²) in [6.07, 6.45) is 6.52. The Morgan fingerprint density at radius 3 is 2.96 bits per heavy atom. The lowest BCUT2D eigenvalue weighted by molar-refractivity contribution is -0.138. The zero-order valence-electron chi connectivity index (χ0n) is 14.1. The van der Waals surface area contributed by atoms with Crippen molar-refractivity contribution in [2.45, 2.75) is 11.7 Å². The number of rotatable bonds is 6. The minimum atomic E-state index is -1.04. The number of nitrogens with one attached hydrogen (secondary N) is 1. The first kappa shape index (κ1) is 18.5. The Bertz CT molecular complexity index is 994. The van der Waals surface area contributed by atoms with E-state index in [1.54, 1.807) is 0 Å². The van der Waals surface area contributed by atoms with Crippen molar-refractivity contribution >= 4 is 45.8 Å². The number of carboxylic acids is 1. The fourth-order valence-corrected chi connectivity index (χ4v) is 3.45. The van der Waals surface area contributed by atoms with Crippen molar-refractivity contribution in [3.05, 3.63) is 42.0 Å². The molecule has 0 saturated carbocycles. The molecule has 1 amide bonds. The van der Waals surface area contributed by atoms with Gasteiger partial charge in [-0.3, -0.25) is 9.59 Å². The molecule has 0 spiro atoms. The lowest BCUT2D eigenvalue weighted by Gasteiger charge is -2.09. The van der Waals surface area contributed by atoms with Crippen molar-refractivity contribution in [1.82, 2.24) is 5.32 Å². The van der Waals surface area contributed by atoms with E-state index in [0.29, 0.717) is 11.3 Å². The molecule has 0 radical (unpaired) electrons. The number of fused-ring (bicyclic) bond motifs is 1. The Balaban J connectivity index is 1.86. The number of ether oxygens (including phenoxy) is 1. The van der Waals surface area contributed by atoms with Crippen LogP contribution in [-0.2, 0) is 9.59 Å². The lowest BCUT2D eigenvalue weighted by Crippen LogP contribution is -2.26. The van der Waals surface area contributed by atoms with Gasteiger partial charge in [-0.2, -0.15) is 5.10 Å². The molecule has 2 N–H and O–H groups in total. The highest BCUT2D eigenvalue weighted by molar-refractivity contribution is 8.15. The third-order valence-electron chi connectivity index (χ3n) is 3.71. The summed E-state index contributed by atoms with van der Waals surface area (Å²) in [5.74, 6) is 1.56. The summed E-state index contributed by atoms with van der Waals surface area (Å²) in [4.78, 5) is 22.5. The first-order valence-electron chi connectivity index (χ1n) is 7.97. The van der Waals surface area contributed by atoms with Crippen LogP contribution in [0.1, 0.15) is 12.0 Å². The van der Waals surface area contributed by atoms with Crippen molar-refractivity contribution in [3.63, 3.8) is 0 Å². The first-order valence-corrected chi connectivity index (χ1v) is 8.85. The standard InChI is InChI=1S/C19H15N3O4S/c1-2-9-26-15-8-7-12-5-3-4-6-13(12)14(15)11-20-22-19-21-18(25)16(27-19)10-17(23)24/h1,3-8,11,16H,9-10H2,(H,23,24)(H,21,22,25). The number of hydrogen-bond donors (Lipinski definition) is 2. The fraction of sp³-hybridized carbons (Fsp3) is 0.158. The Morgan fingerprint density at radius 2 is 2.19 bits per heavy atom. The minimum absolute atomic E-state index is 0.122. The van der Waals surface area contributed by atoms with Crippen molar-refractivity contribution < 1.29 is 19.4 Å². The minimum Gasteiger partial charge on any atom is -0.481 e. The number of hydrogen-bond acceptors (Lipinski definition) is 6. The smallest absolute Gasteiger partial charge is 0.305 e. The van der Waals surface area contributed by atoms with Gasteiger partial charge in [-0.15, -0.1) is 11.5 Å². The number of amides is 1. The van der Waals surface area contributed by atoms with E-state index >= 15 is 0 Å². The number of thioether (sulfide) groups is 1. The molecule has 1 fully saturated rings. The van der Waals surface area contributed by atoms with Crippen LogP contribution in [-0.4, -0.2) is 40.2 Å². The summed E-state index contributed by atoms with van der Waals surface area (Å²) < 4.78 is 5.58. The van der Waals surface area contributed by atoms with Crippen LogP contribution in [0.3, 0.4) is 0 Å². The van der Waals surface area contributed by atoms with Crippen molar-refractivity contribution in [2.24, 2.45) is 10.2 Å². The first-order chi connectivity index (χ1) is 13.1. The molecule has 0 aliphatic carbocycles. The Hall–Kier alpha value is -3.31. The van der Waals surface area contributed by atoms with E-state index in [1.165, 1.54) is 6.21 Å². The zero-order chi connectivity index (χ0) is 19.2. The lowest BCUT2D eigenvalue weighted by atomic mass is 10.0. The Morgan fingerprint density at radius 1 is 1.37 bits per heavy atom. The second kappa shape index (κ2) is 8.38. The predicted octanol–water partition coefficient (Wildman–Crippen LogP) is 2.25. The summed E-state index contributed by atoms with van der Waals surface area (Å²) in [7, 11) is 0.